The minimum atomic E-state index is -5.03. The number of carbonyl (C=O) groups excluding carboxylic acids is 3. The normalized spacial score (nSPS) is 29.5. The molecule has 0 unspecified atom stereocenters. The number of allylic oxidation sites excluding steroid dienone is 1. The van der Waals surface area contributed by atoms with Gasteiger partial charge >= 0.3 is 12.3 Å². The molecule has 1 aromatic heterocycles. The topological polar surface area (TPSA) is 185 Å². The summed E-state index contributed by atoms with van der Waals surface area (Å²) in [6, 6.07) is 1.19. The van der Waals surface area contributed by atoms with E-state index in [-0.39, 0.29) is 42.5 Å². The van der Waals surface area contributed by atoms with Crippen LogP contribution in [0.5, 0.6) is 11.6 Å². The lowest BCUT2D eigenvalue weighted by molar-refractivity contribution is -0.184. The highest BCUT2D eigenvalue weighted by molar-refractivity contribution is 7.91. The molecule has 2 saturated carbocycles. The van der Waals surface area contributed by atoms with Crippen molar-refractivity contribution in [2.75, 3.05) is 13.2 Å². The van der Waals surface area contributed by atoms with Crippen molar-refractivity contribution in [1.82, 2.24) is 24.8 Å². The SMILES string of the molecule is CCOc1cnc(O[C@@H]2C[C@H]3C(=O)N[C@]4(C(=O)NS(=O)(=O)C5(C)CC5)C[C@H]4C=CCC[C@@H](C)C[C@@H](C)[C@H](N(C(=O)O)[C@H](C)C(F)(F)F)C(=O)N3C2)c2ccccc12. The molecule has 2 aromatic rings. The van der Waals surface area contributed by atoms with Gasteiger partial charge in [-0.25, -0.2) is 18.2 Å². The highest BCUT2D eigenvalue weighted by Crippen LogP contribution is 2.48. The molecular weight excluding hydrogens is 772 g/mol. The summed E-state index contributed by atoms with van der Waals surface area (Å²) in [4.78, 5) is 61.6. The van der Waals surface area contributed by atoms with Gasteiger partial charge in [-0.15, -0.1) is 0 Å². The maximum Gasteiger partial charge on any atom is 0.408 e. The third kappa shape index (κ3) is 8.37. The first kappa shape index (κ1) is 42.0. The monoisotopic (exact) mass is 821 g/mol. The van der Waals surface area contributed by atoms with Gasteiger partial charge in [-0.3, -0.25) is 24.0 Å². The van der Waals surface area contributed by atoms with Crippen molar-refractivity contribution in [1.29, 1.82) is 0 Å². The van der Waals surface area contributed by atoms with Crippen LogP contribution >= 0.6 is 0 Å². The number of ether oxygens (including phenoxy) is 2. The van der Waals surface area contributed by atoms with E-state index in [1.807, 2.05) is 13.8 Å². The van der Waals surface area contributed by atoms with Gasteiger partial charge in [0, 0.05) is 23.1 Å². The Morgan fingerprint density at radius 1 is 1.16 bits per heavy atom. The molecular formula is C39H50F3N5O9S. The zero-order valence-electron chi connectivity index (χ0n) is 32.5. The van der Waals surface area contributed by atoms with E-state index in [1.165, 1.54) is 20.0 Å². The van der Waals surface area contributed by atoms with Crippen LogP contribution in [-0.2, 0) is 24.4 Å². The molecule has 8 atom stereocenters. The predicted octanol–water partition coefficient (Wildman–Crippen LogP) is 5.17. The summed E-state index contributed by atoms with van der Waals surface area (Å²) >= 11 is 0. The fourth-order valence-corrected chi connectivity index (χ4v) is 9.43. The Hall–Kier alpha value is -4.61. The molecule has 18 heteroatoms. The van der Waals surface area contributed by atoms with Crippen molar-refractivity contribution in [3.8, 4) is 11.6 Å². The summed E-state index contributed by atoms with van der Waals surface area (Å²) < 4.78 is 82.4. The van der Waals surface area contributed by atoms with E-state index in [9.17, 15) is 45.9 Å². The van der Waals surface area contributed by atoms with Gasteiger partial charge < -0.3 is 24.8 Å². The van der Waals surface area contributed by atoms with Gasteiger partial charge in [0.25, 0.3) is 5.91 Å². The summed E-state index contributed by atoms with van der Waals surface area (Å²) in [6.45, 7) is 7.40. The number of benzene rings is 1. The number of halogens is 3. The number of hydrogen-bond donors (Lipinski definition) is 3. The molecule has 4 aliphatic rings. The number of nitrogens with one attached hydrogen (secondary N) is 2. The van der Waals surface area contributed by atoms with Crippen LogP contribution in [0.15, 0.2) is 42.6 Å². The van der Waals surface area contributed by atoms with Crippen LogP contribution in [0.1, 0.15) is 79.6 Å². The molecule has 4 amide bonds. The first-order valence-electron chi connectivity index (χ1n) is 19.3. The number of hydrogen-bond acceptors (Lipinski definition) is 9. The Morgan fingerprint density at radius 2 is 1.84 bits per heavy atom. The minimum Gasteiger partial charge on any atom is -0.492 e. The van der Waals surface area contributed by atoms with E-state index in [4.69, 9.17) is 9.47 Å². The summed E-state index contributed by atoms with van der Waals surface area (Å²) in [5, 5.41) is 14.2. The van der Waals surface area contributed by atoms with E-state index in [0.717, 1.165) is 4.90 Å². The lowest BCUT2D eigenvalue weighted by Crippen LogP contribution is -2.62. The predicted molar refractivity (Wildman–Crippen MR) is 202 cm³/mol. The Labute approximate surface area is 329 Å². The zero-order valence-corrected chi connectivity index (χ0v) is 33.4. The van der Waals surface area contributed by atoms with E-state index in [1.54, 1.807) is 36.4 Å². The average molecular weight is 822 g/mol. The van der Waals surface area contributed by atoms with Crippen LogP contribution in [0.25, 0.3) is 10.8 Å². The quantitative estimate of drug-likeness (QED) is 0.286. The smallest absolute Gasteiger partial charge is 0.408 e. The highest BCUT2D eigenvalue weighted by atomic mass is 32.2. The molecule has 6 rings (SSSR count). The van der Waals surface area contributed by atoms with E-state index >= 15 is 0 Å². The fraction of sp³-hybridized carbons (Fsp3) is 0.615. The molecule has 2 aliphatic heterocycles. The number of sulfonamides is 1. The maximum absolute atomic E-state index is 14.9. The second kappa shape index (κ2) is 15.6. The first-order valence-corrected chi connectivity index (χ1v) is 20.8. The van der Waals surface area contributed by atoms with Crippen molar-refractivity contribution >= 4 is 44.6 Å². The third-order valence-electron chi connectivity index (χ3n) is 11.9. The minimum absolute atomic E-state index is 0.0566. The van der Waals surface area contributed by atoms with Crippen molar-refractivity contribution in [3.63, 3.8) is 0 Å². The molecule has 3 N–H and O–H groups in total. The Kier molecular flexibility index (Phi) is 11.5. The number of nitrogens with zero attached hydrogens (tertiary/aromatic N) is 3. The highest BCUT2D eigenvalue weighted by Gasteiger charge is 2.63. The number of rotatable bonds is 9. The molecule has 1 aromatic carbocycles. The lowest BCUT2D eigenvalue weighted by Gasteiger charge is -2.40. The Morgan fingerprint density at radius 3 is 2.47 bits per heavy atom. The van der Waals surface area contributed by atoms with Gasteiger partial charge in [0.05, 0.1) is 24.1 Å². The van der Waals surface area contributed by atoms with Crippen LogP contribution in [0.3, 0.4) is 0 Å². The van der Waals surface area contributed by atoms with Gasteiger partial charge in [0.15, 0.2) is 0 Å². The first-order chi connectivity index (χ1) is 26.7. The summed E-state index contributed by atoms with van der Waals surface area (Å²) in [7, 11) is -4.11. The molecule has 3 fully saturated rings. The van der Waals surface area contributed by atoms with E-state index in [2.05, 4.69) is 15.0 Å². The molecule has 1 saturated heterocycles. The van der Waals surface area contributed by atoms with E-state index < -0.39 is 86.4 Å². The van der Waals surface area contributed by atoms with Gasteiger partial charge in [0.2, 0.25) is 27.7 Å². The van der Waals surface area contributed by atoms with Gasteiger partial charge in [0.1, 0.15) is 35.5 Å². The molecule has 0 bridgehead atoms. The van der Waals surface area contributed by atoms with Gasteiger partial charge in [-0.1, -0.05) is 44.2 Å². The number of pyridine rings is 1. The average Bonchev–Trinajstić information content (AvgIpc) is 4.02. The molecule has 3 heterocycles. The summed E-state index contributed by atoms with van der Waals surface area (Å²) in [6.07, 6.45) is -1.23. The van der Waals surface area contributed by atoms with Crippen LogP contribution < -0.4 is 19.5 Å². The molecule has 0 spiro atoms. The summed E-state index contributed by atoms with van der Waals surface area (Å²) in [5.74, 6) is -3.93. The molecule has 14 nitrogen and oxygen atoms in total. The van der Waals surface area contributed by atoms with Gasteiger partial charge in [-0.05, 0) is 77.2 Å². The van der Waals surface area contributed by atoms with Crippen molar-refractivity contribution in [2.45, 2.75) is 120 Å². The van der Waals surface area contributed by atoms with Crippen molar-refractivity contribution < 1.29 is 55.3 Å². The van der Waals surface area contributed by atoms with Crippen LogP contribution in [0.2, 0.25) is 0 Å². The summed E-state index contributed by atoms with van der Waals surface area (Å²) in [5.41, 5.74) is -1.71. The third-order valence-corrected chi connectivity index (χ3v) is 14.1. The van der Waals surface area contributed by atoms with E-state index in [0.29, 0.717) is 55.7 Å². The Bertz CT molecular complexity index is 2040. The number of carboxylic acid groups (broad SMARTS) is 1. The molecule has 312 valence electrons. The largest absolute Gasteiger partial charge is 0.492 e. The van der Waals surface area contributed by atoms with Crippen molar-refractivity contribution in [2.24, 2.45) is 17.8 Å². The second-order valence-corrected chi connectivity index (χ2v) is 18.4. The van der Waals surface area contributed by atoms with Gasteiger partial charge in [-0.2, -0.15) is 13.2 Å². The standard InChI is InChI=1S/C39H50F3N5O9S/c1-6-55-30-20-43-33(28-14-10-9-13-27(28)30)56-26-18-29-32(48)44-38(35(50)45-57(53,54)37(5)15-16-37)19-25(38)12-8-7-11-22(2)17-23(3)31(34(49)46(29)21-26)47(36(51)52)24(4)39(40,41)42/h8-10,12-14,20,22-26,29,31H,6-7,11,15-19,21H2,1-5H3,(H,44,48)(H,45,50)(H,51,52)/t22-,23-,24-,25-,26-,29+,31+,38-/m1/s1. The van der Waals surface area contributed by atoms with Crippen LogP contribution in [-0.4, -0.2) is 106 Å². The maximum atomic E-state index is 14.9. The van der Waals surface area contributed by atoms with Crippen molar-refractivity contribution in [3.05, 3.63) is 42.6 Å². The molecule has 2 aliphatic carbocycles. The van der Waals surface area contributed by atoms with Crippen LogP contribution in [0, 0.1) is 17.8 Å². The molecule has 57 heavy (non-hydrogen) atoms. The van der Waals surface area contributed by atoms with Crippen LogP contribution in [0.4, 0.5) is 18.0 Å². The lowest BCUT2D eigenvalue weighted by atomic mass is 9.86. The number of fused-ring (bicyclic) bond motifs is 3. The molecule has 0 radical (unpaired) electrons. The fourth-order valence-electron chi connectivity index (χ4n) is 8.12. The zero-order chi connectivity index (χ0) is 41.7. The number of alkyl halides is 3. The second-order valence-electron chi connectivity index (χ2n) is 16.2. The number of amides is 4. The number of aromatic nitrogens is 1. The Balaban J connectivity index is 1.41. The number of carbonyl (C=O) groups is 4.